The molecule has 0 spiro atoms. The average Bonchev–Trinajstić information content (AvgIpc) is 2.77. The summed E-state index contributed by atoms with van der Waals surface area (Å²) in [4.78, 5) is 12.2. The van der Waals surface area contributed by atoms with E-state index in [1.165, 1.54) is 4.88 Å². The van der Waals surface area contributed by atoms with Crippen LogP contribution in [0.25, 0.3) is 0 Å². The van der Waals surface area contributed by atoms with E-state index in [1.807, 2.05) is 11.4 Å². The molecule has 0 saturated carbocycles. The molecule has 0 bridgehead atoms. The maximum Gasteiger partial charge on any atom is 0.152 e. The van der Waals surface area contributed by atoms with Crippen LogP contribution in [0.1, 0.15) is 17.7 Å². The first-order valence-electron chi connectivity index (χ1n) is 4.47. The average molecular weight is 196 g/mol. The van der Waals surface area contributed by atoms with Crippen LogP contribution in [0.5, 0.6) is 0 Å². The van der Waals surface area contributed by atoms with Crippen LogP contribution in [0.4, 0.5) is 0 Å². The summed E-state index contributed by atoms with van der Waals surface area (Å²) >= 11 is 1.68. The fourth-order valence-electron chi connectivity index (χ4n) is 1.70. The molecule has 0 amide bonds. The van der Waals surface area contributed by atoms with E-state index in [0.717, 1.165) is 32.2 Å². The molecule has 2 rings (SSSR count). The fraction of sp³-hybridized carbons (Fsp3) is 0.500. The molecule has 0 aliphatic carbocycles. The van der Waals surface area contributed by atoms with Gasteiger partial charge in [-0.05, 0) is 24.3 Å². The van der Waals surface area contributed by atoms with E-state index in [4.69, 9.17) is 4.74 Å². The Balaban J connectivity index is 2.10. The van der Waals surface area contributed by atoms with E-state index in [0.29, 0.717) is 0 Å². The molecule has 0 N–H and O–H groups in total. The molecule has 2 nitrogen and oxygen atoms in total. The summed E-state index contributed by atoms with van der Waals surface area (Å²) in [5.41, 5.74) is -0.509. The standard InChI is InChI=1S/C10H12O2S/c11-8-10(4-2-5-12-10)7-9-3-1-6-13-9/h1,3,6,8H,2,4-5,7H2. The summed E-state index contributed by atoms with van der Waals surface area (Å²) in [6, 6.07) is 4.06. The van der Waals surface area contributed by atoms with Gasteiger partial charge in [0.05, 0.1) is 0 Å². The third-order valence-corrected chi connectivity index (χ3v) is 3.28. The number of aldehydes is 1. The number of rotatable bonds is 3. The van der Waals surface area contributed by atoms with Crippen LogP contribution in [0.2, 0.25) is 0 Å². The van der Waals surface area contributed by atoms with Gasteiger partial charge in [-0.2, -0.15) is 0 Å². The zero-order valence-electron chi connectivity index (χ0n) is 7.36. The molecule has 1 atom stereocenters. The molecule has 1 aromatic heterocycles. The highest BCUT2D eigenvalue weighted by molar-refractivity contribution is 7.09. The van der Waals surface area contributed by atoms with Crippen LogP contribution in [0, 0.1) is 0 Å². The first-order chi connectivity index (χ1) is 6.35. The van der Waals surface area contributed by atoms with Crippen molar-refractivity contribution in [3.05, 3.63) is 22.4 Å². The van der Waals surface area contributed by atoms with Crippen LogP contribution in [-0.2, 0) is 16.0 Å². The van der Waals surface area contributed by atoms with Crippen LogP contribution < -0.4 is 0 Å². The Labute approximate surface area is 81.5 Å². The Morgan fingerprint density at radius 3 is 3.15 bits per heavy atom. The lowest BCUT2D eigenvalue weighted by molar-refractivity contribution is -0.125. The summed E-state index contributed by atoms with van der Waals surface area (Å²) in [5, 5.41) is 2.03. The summed E-state index contributed by atoms with van der Waals surface area (Å²) < 4.78 is 5.50. The molecule has 1 aliphatic heterocycles. The Kier molecular flexibility index (Phi) is 2.47. The maximum absolute atomic E-state index is 10.9. The third kappa shape index (κ3) is 1.81. The van der Waals surface area contributed by atoms with E-state index in [1.54, 1.807) is 11.3 Å². The lowest BCUT2D eigenvalue weighted by Crippen LogP contribution is -2.31. The van der Waals surface area contributed by atoms with E-state index >= 15 is 0 Å². The molecule has 70 valence electrons. The molecular formula is C10H12O2S. The summed E-state index contributed by atoms with van der Waals surface area (Å²) in [5.74, 6) is 0. The van der Waals surface area contributed by atoms with E-state index in [2.05, 4.69) is 6.07 Å². The van der Waals surface area contributed by atoms with Gasteiger partial charge < -0.3 is 9.53 Å². The lowest BCUT2D eigenvalue weighted by atomic mass is 9.97. The van der Waals surface area contributed by atoms with Crippen LogP contribution in [0.15, 0.2) is 17.5 Å². The van der Waals surface area contributed by atoms with Gasteiger partial charge in [-0.15, -0.1) is 11.3 Å². The van der Waals surface area contributed by atoms with E-state index in [-0.39, 0.29) is 0 Å². The Bertz CT molecular complexity index is 273. The molecule has 0 radical (unpaired) electrons. The first kappa shape index (κ1) is 8.91. The van der Waals surface area contributed by atoms with Crippen molar-refractivity contribution in [2.45, 2.75) is 24.9 Å². The largest absolute Gasteiger partial charge is 0.367 e. The van der Waals surface area contributed by atoms with Gasteiger partial charge in [0.15, 0.2) is 6.29 Å². The topological polar surface area (TPSA) is 26.3 Å². The van der Waals surface area contributed by atoms with Crippen molar-refractivity contribution in [2.24, 2.45) is 0 Å². The highest BCUT2D eigenvalue weighted by atomic mass is 32.1. The summed E-state index contributed by atoms with van der Waals surface area (Å²) in [7, 11) is 0. The maximum atomic E-state index is 10.9. The van der Waals surface area contributed by atoms with Gasteiger partial charge >= 0.3 is 0 Å². The highest BCUT2D eigenvalue weighted by Gasteiger charge is 2.35. The second-order valence-electron chi connectivity index (χ2n) is 3.39. The van der Waals surface area contributed by atoms with Gasteiger partial charge in [-0.1, -0.05) is 6.07 Å². The second-order valence-corrected chi connectivity index (χ2v) is 4.42. The Hall–Kier alpha value is -0.670. The number of hydrogen-bond donors (Lipinski definition) is 0. The molecule has 1 fully saturated rings. The lowest BCUT2D eigenvalue weighted by Gasteiger charge is -2.20. The predicted molar refractivity (Wildman–Crippen MR) is 52.0 cm³/mol. The summed E-state index contributed by atoms with van der Waals surface area (Å²) in [6.45, 7) is 0.726. The van der Waals surface area contributed by atoms with Crippen molar-refractivity contribution in [1.29, 1.82) is 0 Å². The third-order valence-electron chi connectivity index (χ3n) is 2.40. The van der Waals surface area contributed by atoms with E-state index < -0.39 is 5.60 Å². The second kappa shape index (κ2) is 3.60. The normalized spacial score (nSPS) is 27.7. The fourth-order valence-corrected chi connectivity index (χ4v) is 2.52. The molecule has 13 heavy (non-hydrogen) atoms. The molecule has 1 aliphatic rings. The van der Waals surface area contributed by atoms with Gasteiger partial charge in [-0.25, -0.2) is 0 Å². The molecule has 2 heterocycles. The van der Waals surface area contributed by atoms with Crippen LogP contribution in [0.3, 0.4) is 0 Å². The minimum absolute atomic E-state index is 0.509. The monoisotopic (exact) mass is 196 g/mol. The zero-order valence-corrected chi connectivity index (χ0v) is 8.18. The van der Waals surface area contributed by atoms with Gasteiger partial charge in [-0.3, -0.25) is 0 Å². The predicted octanol–water partition coefficient (Wildman–Crippen LogP) is 2.04. The molecule has 0 aromatic carbocycles. The van der Waals surface area contributed by atoms with Crippen molar-refractivity contribution < 1.29 is 9.53 Å². The van der Waals surface area contributed by atoms with Crippen molar-refractivity contribution >= 4 is 17.6 Å². The SMILES string of the molecule is O=CC1(Cc2cccs2)CCCO1. The quantitative estimate of drug-likeness (QED) is 0.691. The van der Waals surface area contributed by atoms with Crippen molar-refractivity contribution in [1.82, 2.24) is 0 Å². The van der Waals surface area contributed by atoms with Gasteiger partial charge in [0, 0.05) is 17.9 Å². The van der Waals surface area contributed by atoms with Gasteiger partial charge in [0.2, 0.25) is 0 Å². The first-order valence-corrected chi connectivity index (χ1v) is 5.35. The highest BCUT2D eigenvalue weighted by Crippen LogP contribution is 2.28. The van der Waals surface area contributed by atoms with Gasteiger partial charge in [0.1, 0.15) is 5.60 Å². The molecule has 1 unspecified atom stereocenters. The minimum Gasteiger partial charge on any atom is -0.367 e. The minimum atomic E-state index is -0.509. The summed E-state index contributed by atoms with van der Waals surface area (Å²) in [6.07, 6.45) is 3.59. The number of carbonyl (C=O) groups is 1. The Morgan fingerprint density at radius 1 is 1.69 bits per heavy atom. The van der Waals surface area contributed by atoms with Crippen LogP contribution >= 0.6 is 11.3 Å². The zero-order chi connectivity index (χ0) is 9.15. The molecule has 3 heteroatoms. The number of hydrogen-bond acceptors (Lipinski definition) is 3. The van der Waals surface area contributed by atoms with Crippen molar-refractivity contribution in [3.8, 4) is 0 Å². The number of thiophene rings is 1. The molecular weight excluding hydrogens is 184 g/mol. The molecule has 1 aromatic rings. The van der Waals surface area contributed by atoms with Crippen molar-refractivity contribution in [2.75, 3.05) is 6.61 Å². The number of ether oxygens (including phenoxy) is 1. The van der Waals surface area contributed by atoms with Gasteiger partial charge in [0.25, 0.3) is 0 Å². The Morgan fingerprint density at radius 2 is 2.62 bits per heavy atom. The van der Waals surface area contributed by atoms with Crippen LogP contribution in [-0.4, -0.2) is 18.5 Å². The van der Waals surface area contributed by atoms with Crippen molar-refractivity contribution in [3.63, 3.8) is 0 Å². The smallest absolute Gasteiger partial charge is 0.152 e. The van der Waals surface area contributed by atoms with E-state index in [9.17, 15) is 4.79 Å². The molecule has 1 saturated heterocycles. The number of carbonyl (C=O) groups excluding carboxylic acids is 1.